The van der Waals surface area contributed by atoms with E-state index in [0.29, 0.717) is 3.57 Å². The lowest BCUT2D eigenvalue weighted by atomic mass is 10.2. The van der Waals surface area contributed by atoms with Crippen LogP contribution in [0.5, 0.6) is 0 Å². The van der Waals surface area contributed by atoms with Crippen LogP contribution >= 0.6 is 22.6 Å². The minimum absolute atomic E-state index is 0.0247. The Labute approximate surface area is 114 Å². The normalized spacial score (nSPS) is 12.3. The Balaban J connectivity index is 3.19. The predicted molar refractivity (Wildman–Crippen MR) is 71.3 cm³/mol. The molecule has 0 fully saturated rings. The Kier molecular flexibility index (Phi) is 4.38. The average Bonchev–Trinajstić information content (AvgIpc) is 2.13. The maximum atomic E-state index is 12.5. The van der Waals surface area contributed by atoms with Crippen molar-refractivity contribution in [3.63, 3.8) is 0 Å². The number of hydrogen-bond donors (Lipinski definition) is 3. The lowest BCUT2D eigenvalue weighted by molar-refractivity contribution is -0.137. The van der Waals surface area contributed by atoms with Crippen molar-refractivity contribution in [1.29, 1.82) is 0 Å². The molecular weight excluding hydrogens is 362 g/mol. The van der Waals surface area contributed by atoms with Gasteiger partial charge in [0.15, 0.2) is 5.96 Å². The second kappa shape index (κ2) is 5.42. The van der Waals surface area contributed by atoms with Gasteiger partial charge in [0.1, 0.15) is 0 Å². The van der Waals surface area contributed by atoms with Crippen molar-refractivity contribution in [3.05, 3.63) is 27.3 Å². The van der Waals surface area contributed by atoms with Gasteiger partial charge in [0.05, 0.1) is 11.3 Å². The fraction of sp³-hybridized carbons (Fsp3) is 0.111. The molecule has 1 aromatic carbocycles. The molecule has 0 aliphatic rings. The first-order valence-electron chi connectivity index (χ1n) is 4.50. The van der Waals surface area contributed by atoms with E-state index in [9.17, 15) is 13.2 Å². The summed E-state index contributed by atoms with van der Waals surface area (Å²) in [5.74, 6) is -0.636. The zero-order valence-corrected chi connectivity index (χ0v) is 11.0. The van der Waals surface area contributed by atoms with Crippen molar-refractivity contribution in [2.45, 2.75) is 6.18 Å². The van der Waals surface area contributed by atoms with Gasteiger partial charge in [-0.2, -0.15) is 18.2 Å². The molecule has 1 aromatic rings. The van der Waals surface area contributed by atoms with Gasteiger partial charge in [0, 0.05) is 3.57 Å². The number of guanidine groups is 2. The Morgan fingerprint density at radius 3 is 2.22 bits per heavy atom. The molecule has 0 saturated carbocycles. The zero-order valence-electron chi connectivity index (χ0n) is 8.87. The summed E-state index contributed by atoms with van der Waals surface area (Å²) in [6.45, 7) is 0. The van der Waals surface area contributed by atoms with Crippen molar-refractivity contribution in [3.8, 4) is 0 Å². The van der Waals surface area contributed by atoms with Crippen molar-refractivity contribution in [2.24, 2.45) is 27.2 Å². The van der Waals surface area contributed by atoms with Gasteiger partial charge in [-0.25, -0.2) is 4.99 Å². The first kappa shape index (κ1) is 14.5. The van der Waals surface area contributed by atoms with Gasteiger partial charge in [0.25, 0.3) is 0 Å². The molecule has 0 spiro atoms. The van der Waals surface area contributed by atoms with Gasteiger partial charge in [0.2, 0.25) is 5.96 Å². The van der Waals surface area contributed by atoms with E-state index in [1.54, 1.807) is 22.6 Å². The molecule has 0 atom stereocenters. The van der Waals surface area contributed by atoms with Crippen LogP contribution in [0.4, 0.5) is 18.9 Å². The summed E-state index contributed by atoms with van der Waals surface area (Å²) in [7, 11) is 0. The van der Waals surface area contributed by atoms with Crippen LogP contribution in [0.15, 0.2) is 28.2 Å². The average molecular weight is 371 g/mol. The number of aliphatic imine (C=N–C) groups is 2. The van der Waals surface area contributed by atoms with E-state index < -0.39 is 11.7 Å². The number of hydrogen-bond acceptors (Lipinski definition) is 1. The van der Waals surface area contributed by atoms with Crippen LogP contribution in [0, 0.1) is 3.57 Å². The Morgan fingerprint density at radius 2 is 1.72 bits per heavy atom. The molecule has 0 radical (unpaired) electrons. The molecule has 0 bridgehead atoms. The molecule has 18 heavy (non-hydrogen) atoms. The number of rotatable bonds is 1. The second-order valence-electron chi connectivity index (χ2n) is 3.20. The zero-order chi connectivity index (χ0) is 13.9. The molecule has 0 aliphatic heterocycles. The van der Waals surface area contributed by atoms with Crippen LogP contribution in [-0.4, -0.2) is 11.9 Å². The first-order valence-corrected chi connectivity index (χ1v) is 5.58. The van der Waals surface area contributed by atoms with Crippen molar-refractivity contribution in [1.82, 2.24) is 0 Å². The number of nitrogens with two attached hydrogens (primary N) is 3. The molecule has 0 aromatic heterocycles. The second-order valence-corrected chi connectivity index (χ2v) is 4.45. The van der Waals surface area contributed by atoms with Gasteiger partial charge >= 0.3 is 6.18 Å². The standard InChI is InChI=1S/C9H9F3IN5/c10-9(11,12)4-1-5(13)3-6(2-4)17-8(16)18-7(14)15/h1-3H,(H6,14,15,16,17,18). The van der Waals surface area contributed by atoms with Gasteiger partial charge < -0.3 is 17.2 Å². The molecule has 9 heteroatoms. The van der Waals surface area contributed by atoms with Gasteiger partial charge in [-0.1, -0.05) is 0 Å². The molecule has 6 N–H and O–H groups in total. The molecular formula is C9H9F3IN5. The van der Waals surface area contributed by atoms with Crippen LogP contribution in [-0.2, 0) is 6.18 Å². The summed E-state index contributed by atoms with van der Waals surface area (Å²) in [5.41, 5.74) is 14.7. The number of benzene rings is 1. The van der Waals surface area contributed by atoms with E-state index in [2.05, 4.69) is 9.98 Å². The monoisotopic (exact) mass is 371 g/mol. The summed E-state index contributed by atoms with van der Waals surface area (Å²) >= 11 is 1.75. The lowest BCUT2D eigenvalue weighted by Gasteiger charge is -2.08. The van der Waals surface area contributed by atoms with Crippen molar-refractivity contribution >= 4 is 40.2 Å². The summed E-state index contributed by atoms with van der Waals surface area (Å²) in [5, 5.41) is 0. The van der Waals surface area contributed by atoms with Gasteiger partial charge in [-0.3, -0.25) is 0 Å². The highest BCUT2D eigenvalue weighted by atomic mass is 127. The Morgan fingerprint density at radius 1 is 1.11 bits per heavy atom. The lowest BCUT2D eigenvalue weighted by Crippen LogP contribution is -2.26. The summed E-state index contributed by atoms with van der Waals surface area (Å²) in [6.07, 6.45) is -4.45. The minimum atomic E-state index is -4.45. The SMILES string of the molecule is NC(N)=NC(N)=Nc1cc(I)cc(C(F)(F)F)c1. The fourth-order valence-corrected chi connectivity index (χ4v) is 1.75. The number of halogens is 4. The van der Waals surface area contributed by atoms with E-state index in [1.807, 2.05) is 0 Å². The molecule has 0 saturated heterocycles. The number of nitrogens with zero attached hydrogens (tertiary/aromatic N) is 2. The summed E-state index contributed by atoms with van der Waals surface area (Å²) in [6, 6.07) is 3.28. The van der Waals surface area contributed by atoms with Crippen LogP contribution in [0.25, 0.3) is 0 Å². The van der Waals surface area contributed by atoms with Crippen LogP contribution in [0.2, 0.25) is 0 Å². The highest BCUT2D eigenvalue weighted by molar-refractivity contribution is 14.1. The predicted octanol–water partition coefficient (Wildman–Crippen LogP) is 1.53. The number of alkyl halides is 3. The van der Waals surface area contributed by atoms with Crippen LogP contribution in [0.3, 0.4) is 0 Å². The maximum Gasteiger partial charge on any atom is 0.416 e. The molecule has 0 aliphatic carbocycles. The summed E-state index contributed by atoms with van der Waals surface area (Å²) < 4.78 is 38.0. The Bertz CT molecular complexity index is 505. The third-order valence-electron chi connectivity index (χ3n) is 1.70. The third-order valence-corrected chi connectivity index (χ3v) is 2.32. The van der Waals surface area contributed by atoms with Crippen LogP contribution < -0.4 is 17.2 Å². The molecule has 0 unspecified atom stereocenters. The Hall–Kier alpha value is -1.52. The van der Waals surface area contributed by atoms with Gasteiger partial charge in [-0.05, 0) is 40.8 Å². The maximum absolute atomic E-state index is 12.5. The highest BCUT2D eigenvalue weighted by Gasteiger charge is 2.31. The minimum Gasteiger partial charge on any atom is -0.370 e. The van der Waals surface area contributed by atoms with Crippen LogP contribution in [0.1, 0.15) is 5.56 Å². The largest absolute Gasteiger partial charge is 0.416 e. The fourth-order valence-electron chi connectivity index (χ4n) is 1.09. The quantitative estimate of drug-likeness (QED) is 0.396. The molecule has 0 heterocycles. The highest BCUT2D eigenvalue weighted by Crippen LogP contribution is 2.33. The smallest absolute Gasteiger partial charge is 0.370 e. The van der Waals surface area contributed by atoms with E-state index >= 15 is 0 Å². The van der Waals surface area contributed by atoms with E-state index in [4.69, 9.17) is 17.2 Å². The van der Waals surface area contributed by atoms with E-state index in [1.165, 1.54) is 6.07 Å². The van der Waals surface area contributed by atoms with Crippen molar-refractivity contribution in [2.75, 3.05) is 0 Å². The third kappa shape index (κ3) is 4.39. The van der Waals surface area contributed by atoms with E-state index in [-0.39, 0.29) is 17.6 Å². The van der Waals surface area contributed by atoms with Crippen molar-refractivity contribution < 1.29 is 13.2 Å². The topological polar surface area (TPSA) is 103 Å². The summed E-state index contributed by atoms with van der Waals surface area (Å²) in [4.78, 5) is 7.09. The molecule has 98 valence electrons. The van der Waals surface area contributed by atoms with E-state index in [0.717, 1.165) is 12.1 Å². The molecule has 5 nitrogen and oxygen atoms in total. The molecule has 0 amide bonds. The van der Waals surface area contributed by atoms with Gasteiger partial charge in [-0.15, -0.1) is 0 Å². The first-order chi connectivity index (χ1) is 8.18. The molecule has 1 rings (SSSR count).